The van der Waals surface area contributed by atoms with Crippen molar-refractivity contribution in [1.29, 1.82) is 0 Å². The van der Waals surface area contributed by atoms with Crippen molar-refractivity contribution in [2.75, 3.05) is 19.7 Å². The van der Waals surface area contributed by atoms with Crippen molar-refractivity contribution < 1.29 is 18.7 Å². The molecule has 0 spiro atoms. The lowest BCUT2D eigenvalue weighted by atomic mass is 10.1. The number of hydrogen-bond donors (Lipinski definition) is 0. The van der Waals surface area contributed by atoms with E-state index in [1.807, 2.05) is 42.2 Å². The van der Waals surface area contributed by atoms with Gasteiger partial charge in [-0.25, -0.2) is 4.79 Å². The average molecular weight is 436 g/mol. The molecule has 0 saturated carbocycles. The Labute approximate surface area is 183 Å². The van der Waals surface area contributed by atoms with Gasteiger partial charge >= 0.3 is 5.97 Å². The Morgan fingerprint density at radius 3 is 3.03 bits per heavy atom. The second-order valence-corrected chi connectivity index (χ2v) is 8.15. The molecule has 5 rings (SSSR count). The molecule has 0 amide bonds. The Kier molecular flexibility index (Phi) is 5.15. The van der Waals surface area contributed by atoms with Crippen molar-refractivity contribution in [1.82, 2.24) is 9.88 Å². The minimum atomic E-state index is -0.350. The average Bonchev–Trinajstić information content (AvgIpc) is 3.48. The number of hydrogen-bond acceptors (Lipinski definition) is 8. The van der Waals surface area contributed by atoms with E-state index >= 15 is 0 Å². The van der Waals surface area contributed by atoms with Crippen molar-refractivity contribution in [3.63, 3.8) is 0 Å². The molecular weight excluding hydrogens is 414 g/mol. The van der Waals surface area contributed by atoms with Crippen LogP contribution in [0.2, 0.25) is 0 Å². The predicted octanol–water partition coefficient (Wildman–Crippen LogP) is 4.37. The number of pyridine rings is 1. The molecule has 2 aliphatic rings. The predicted molar refractivity (Wildman–Crippen MR) is 120 cm³/mol. The second kappa shape index (κ2) is 8.11. The Hall–Kier alpha value is -3.26. The van der Waals surface area contributed by atoms with Crippen LogP contribution in [0.25, 0.3) is 16.7 Å². The van der Waals surface area contributed by atoms with Crippen molar-refractivity contribution >= 4 is 39.6 Å². The summed E-state index contributed by atoms with van der Waals surface area (Å²) in [6.07, 6.45) is 3.53. The van der Waals surface area contributed by atoms with E-state index in [0.29, 0.717) is 30.4 Å². The summed E-state index contributed by atoms with van der Waals surface area (Å²) in [7, 11) is 0. The van der Waals surface area contributed by atoms with Crippen molar-refractivity contribution in [3.05, 3.63) is 64.5 Å². The van der Waals surface area contributed by atoms with Crippen LogP contribution in [0.15, 0.2) is 57.0 Å². The van der Waals surface area contributed by atoms with Gasteiger partial charge in [0.25, 0.3) is 0 Å². The molecule has 4 heterocycles. The number of rotatable bonds is 6. The number of furan rings is 1. The molecule has 0 atom stereocenters. The van der Waals surface area contributed by atoms with Gasteiger partial charge < -0.3 is 18.8 Å². The largest absolute Gasteiger partial charge is 0.489 e. The van der Waals surface area contributed by atoms with Gasteiger partial charge in [0.2, 0.25) is 0 Å². The van der Waals surface area contributed by atoms with Crippen LogP contribution in [0.3, 0.4) is 0 Å². The number of aryl methyl sites for hydroxylation is 1. The van der Waals surface area contributed by atoms with E-state index in [2.05, 4.69) is 9.98 Å². The fraction of sp³-hybridized carbons (Fsp3) is 0.261. The maximum absolute atomic E-state index is 12.6. The summed E-state index contributed by atoms with van der Waals surface area (Å²) < 4.78 is 17.5. The number of benzene rings is 1. The molecule has 2 aliphatic heterocycles. The molecule has 3 aromatic rings. The number of carbonyl (C=O) groups is 1. The molecule has 0 N–H and O–H groups in total. The third-order valence-corrected chi connectivity index (χ3v) is 6.31. The highest BCUT2D eigenvalue weighted by molar-refractivity contribution is 8.18. The monoisotopic (exact) mass is 435 g/mol. The fourth-order valence-corrected chi connectivity index (χ4v) is 4.79. The molecule has 31 heavy (non-hydrogen) atoms. The van der Waals surface area contributed by atoms with Crippen molar-refractivity contribution in [3.8, 4) is 5.75 Å². The quantitative estimate of drug-likeness (QED) is 0.532. The summed E-state index contributed by atoms with van der Waals surface area (Å²) in [6.45, 7) is 5.98. The number of ether oxygens (including phenoxy) is 2. The molecular formula is C23H21N3O4S. The first-order valence-corrected chi connectivity index (χ1v) is 10.9. The van der Waals surface area contributed by atoms with Crippen LogP contribution in [-0.2, 0) is 16.1 Å². The summed E-state index contributed by atoms with van der Waals surface area (Å²) >= 11 is 1.35. The van der Waals surface area contributed by atoms with E-state index in [-0.39, 0.29) is 5.97 Å². The first kappa shape index (κ1) is 19.7. The van der Waals surface area contributed by atoms with Gasteiger partial charge in [-0.15, -0.1) is 0 Å². The number of fused-ring (bicyclic) bond motifs is 2. The van der Waals surface area contributed by atoms with Crippen LogP contribution in [-0.4, -0.2) is 40.7 Å². The Morgan fingerprint density at radius 2 is 2.23 bits per heavy atom. The Balaban J connectivity index is 1.50. The van der Waals surface area contributed by atoms with E-state index in [0.717, 1.165) is 45.3 Å². The first-order chi connectivity index (χ1) is 15.2. The van der Waals surface area contributed by atoms with Crippen molar-refractivity contribution in [2.45, 2.75) is 20.5 Å². The topological polar surface area (TPSA) is 77.2 Å². The van der Waals surface area contributed by atoms with Gasteiger partial charge in [-0.05, 0) is 49.9 Å². The highest BCUT2D eigenvalue weighted by Gasteiger charge is 2.38. The smallest absolute Gasteiger partial charge is 0.347 e. The lowest BCUT2D eigenvalue weighted by Crippen LogP contribution is -2.20. The lowest BCUT2D eigenvalue weighted by molar-refractivity contribution is -0.137. The minimum absolute atomic E-state index is 0.319. The third kappa shape index (κ3) is 3.57. The molecule has 0 bridgehead atoms. The number of amidine groups is 1. The number of esters is 1. The zero-order chi connectivity index (χ0) is 21.4. The van der Waals surface area contributed by atoms with Crippen LogP contribution in [0, 0.1) is 6.92 Å². The molecule has 1 aromatic carbocycles. The molecule has 0 fully saturated rings. The maximum Gasteiger partial charge on any atom is 0.347 e. The summed E-state index contributed by atoms with van der Waals surface area (Å²) in [4.78, 5) is 23.7. The van der Waals surface area contributed by atoms with Gasteiger partial charge in [-0.2, -0.15) is 0 Å². The zero-order valence-corrected chi connectivity index (χ0v) is 18.1. The fourth-order valence-electron chi connectivity index (χ4n) is 3.71. The van der Waals surface area contributed by atoms with Gasteiger partial charge in [0.15, 0.2) is 10.9 Å². The van der Waals surface area contributed by atoms with E-state index in [9.17, 15) is 4.79 Å². The standard InChI is InChI=1S/C23H21N3O4S/c1-3-28-22(27)21-20(26-10-9-25-23(26)31-21)19-11-16-14(2)17(6-7-18(16)30-19)29-13-15-5-4-8-24-12-15/h4-8,11-12H,3,9-10,13H2,1-2H3. The third-order valence-electron chi connectivity index (χ3n) is 5.21. The second-order valence-electron chi connectivity index (χ2n) is 7.18. The molecule has 0 radical (unpaired) electrons. The molecule has 158 valence electrons. The lowest BCUT2D eigenvalue weighted by Gasteiger charge is -2.14. The minimum Gasteiger partial charge on any atom is -0.489 e. The summed E-state index contributed by atoms with van der Waals surface area (Å²) in [5.74, 6) is 1.06. The Morgan fingerprint density at radius 1 is 1.32 bits per heavy atom. The molecule has 7 nitrogen and oxygen atoms in total. The molecule has 0 saturated heterocycles. The van der Waals surface area contributed by atoms with Crippen LogP contribution >= 0.6 is 11.8 Å². The first-order valence-electron chi connectivity index (χ1n) is 10.1. The Bertz CT molecular complexity index is 1220. The normalized spacial score (nSPS) is 15.4. The number of aromatic nitrogens is 1. The van der Waals surface area contributed by atoms with Gasteiger partial charge in [0, 0.05) is 35.5 Å². The molecule has 0 aliphatic carbocycles. The van der Waals surface area contributed by atoms with Gasteiger partial charge in [-0.3, -0.25) is 9.98 Å². The summed E-state index contributed by atoms with van der Waals surface area (Å²) in [5, 5.41) is 1.76. The van der Waals surface area contributed by atoms with Crippen LogP contribution < -0.4 is 4.74 Å². The van der Waals surface area contributed by atoms with Crippen LogP contribution in [0.4, 0.5) is 0 Å². The van der Waals surface area contributed by atoms with E-state index in [4.69, 9.17) is 13.9 Å². The summed E-state index contributed by atoms with van der Waals surface area (Å²) in [5.41, 5.74) is 3.46. The van der Waals surface area contributed by atoms with E-state index in [1.165, 1.54) is 11.8 Å². The van der Waals surface area contributed by atoms with Gasteiger partial charge in [0.1, 0.15) is 28.5 Å². The number of carbonyl (C=O) groups excluding carboxylic acids is 1. The van der Waals surface area contributed by atoms with E-state index < -0.39 is 0 Å². The maximum atomic E-state index is 12.6. The highest BCUT2D eigenvalue weighted by Crippen LogP contribution is 2.44. The highest BCUT2D eigenvalue weighted by atomic mass is 32.2. The number of aliphatic imine (C=N–C) groups is 1. The SMILES string of the molecule is CCOC(=O)C1=C(c2cc3c(C)c(OCc4cccnc4)ccc3o2)N2CCN=C2S1. The van der Waals surface area contributed by atoms with Gasteiger partial charge in [-0.1, -0.05) is 6.07 Å². The van der Waals surface area contributed by atoms with Crippen LogP contribution in [0.1, 0.15) is 23.8 Å². The van der Waals surface area contributed by atoms with E-state index in [1.54, 1.807) is 19.3 Å². The molecule has 2 aromatic heterocycles. The van der Waals surface area contributed by atoms with Crippen molar-refractivity contribution in [2.24, 2.45) is 4.99 Å². The number of nitrogens with zero attached hydrogens (tertiary/aromatic N) is 3. The summed E-state index contributed by atoms with van der Waals surface area (Å²) in [6, 6.07) is 9.65. The molecule has 0 unspecified atom stereocenters. The van der Waals surface area contributed by atoms with Gasteiger partial charge in [0.05, 0.1) is 13.2 Å². The zero-order valence-electron chi connectivity index (χ0n) is 17.3. The molecule has 8 heteroatoms. The number of thioether (sulfide) groups is 1. The van der Waals surface area contributed by atoms with Crippen LogP contribution in [0.5, 0.6) is 5.75 Å².